The lowest BCUT2D eigenvalue weighted by molar-refractivity contribution is 0.416. The maximum absolute atomic E-state index is 6.03. The van der Waals surface area contributed by atoms with E-state index < -0.39 is 0 Å². The van der Waals surface area contributed by atoms with Gasteiger partial charge in [-0.05, 0) is 31.4 Å². The number of hydrogen-bond acceptors (Lipinski definition) is 3. The number of nitrogens with one attached hydrogen (secondary N) is 1. The molecule has 1 saturated carbocycles. The summed E-state index contributed by atoms with van der Waals surface area (Å²) in [6.45, 7) is 2.76. The Morgan fingerprint density at radius 1 is 1.50 bits per heavy atom. The molecule has 0 spiro atoms. The monoisotopic (exact) mass is 240 g/mol. The minimum atomic E-state index is -0.0153. The van der Waals surface area contributed by atoms with Crippen LogP contribution in [-0.4, -0.2) is 19.2 Å². The molecule has 1 fully saturated rings. The maximum atomic E-state index is 6.03. The van der Waals surface area contributed by atoms with Gasteiger partial charge in [-0.3, -0.25) is 0 Å². The topological polar surface area (TPSA) is 47.3 Å². The van der Waals surface area contributed by atoms with Crippen molar-refractivity contribution >= 4 is 17.3 Å². The molecule has 0 aromatic heterocycles. The molecule has 0 radical (unpaired) electrons. The van der Waals surface area contributed by atoms with Crippen LogP contribution >= 0.6 is 11.6 Å². The molecule has 0 aliphatic heterocycles. The predicted octanol–water partition coefficient (Wildman–Crippen LogP) is 2.56. The second-order valence-electron chi connectivity index (χ2n) is 4.52. The van der Waals surface area contributed by atoms with E-state index in [4.69, 9.17) is 22.1 Å². The van der Waals surface area contributed by atoms with Gasteiger partial charge in [0.15, 0.2) is 0 Å². The third-order valence-electron chi connectivity index (χ3n) is 3.00. The average molecular weight is 241 g/mol. The van der Waals surface area contributed by atoms with E-state index >= 15 is 0 Å². The van der Waals surface area contributed by atoms with Gasteiger partial charge < -0.3 is 15.8 Å². The Bertz CT molecular complexity index is 402. The van der Waals surface area contributed by atoms with Crippen LogP contribution in [0.2, 0.25) is 5.02 Å². The summed E-state index contributed by atoms with van der Waals surface area (Å²) in [4.78, 5) is 0. The molecule has 0 atom stereocenters. The number of anilines is 1. The van der Waals surface area contributed by atoms with E-state index in [0.29, 0.717) is 0 Å². The Hall–Kier alpha value is -0.930. The fourth-order valence-corrected chi connectivity index (χ4v) is 1.73. The molecule has 0 saturated heterocycles. The van der Waals surface area contributed by atoms with Crippen LogP contribution in [-0.2, 0) is 0 Å². The van der Waals surface area contributed by atoms with Crippen molar-refractivity contribution in [1.29, 1.82) is 0 Å². The van der Waals surface area contributed by atoms with Gasteiger partial charge in [0.25, 0.3) is 0 Å². The third-order valence-corrected chi connectivity index (χ3v) is 3.41. The molecule has 1 aliphatic carbocycles. The summed E-state index contributed by atoms with van der Waals surface area (Å²) in [5.74, 6) is 0.764. The van der Waals surface area contributed by atoms with E-state index in [-0.39, 0.29) is 5.54 Å². The van der Waals surface area contributed by atoms with Crippen LogP contribution < -0.4 is 15.8 Å². The molecule has 16 heavy (non-hydrogen) atoms. The highest BCUT2D eigenvalue weighted by atomic mass is 35.5. The molecule has 0 bridgehead atoms. The fourth-order valence-electron chi connectivity index (χ4n) is 1.58. The van der Waals surface area contributed by atoms with Crippen LogP contribution in [0.5, 0.6) is 5.75 Å². The van der Waals surface area contributed by atoms with Gasteiger partial charge in [0.1, 0.15) is 5.75 Å². The van der Waals surface area contributed by atoms with Gasteiger partial charge in [-0.2, -0.15) is 0 Å². The van der Waals surface area contributed by atoms with Crippen molar-refractivity contribution in [3.63, 3.8) is 0 Å². The van der Waals surface area contributed by atoms with E-state index in [2.05, 4.69) is 5.32 Å². The number of aryl methyl sites for hydroxylation is 1. The summed E-state index contributed by atoms with van der Waals surface area (Å²) in [5, 5.41) is 4.04. The summed E-state index contributed by atoms with van der Waals surface area (Å²) in [7, 11) is 1.64. The normalized spacial score (nSPS) is 17.0. The number of rotatable bonds is 4. The highest BCUT2D eigenvalue weighted by molar-refractivity contribution is 6.31. The van der Waals surface area contributed by atoms with Crippen LogP contribution in [0.3, 0.4) is 0 Å². The molecule has 0 heterocycles. The zero-order valence-corrected chi connectivity index (χ0v) is 10.4. The molecule has 2 rings (SSSR count). The molecule has 3 N–H and O–H groups in total. The number of hydrogen-bond donors (Lipinski definition) is 2. The lowest BCUT2D eigenvalue weighted by atomic mass is 10.2. The zero-order valence-electron chi connectivity index (χ0n) is 9.64. The van der Waals surface area contributed by atoms with Crippen molar-refractivity contribution in [3.8, 4) is 5.75 Å². The SMILES string of the molecule is COc1cc(Cl)c(C)cc1NCC1(N)CC1. The fraction of sp³-hybridized carbons (Fsp3) is 0.500. The van der Waals surface area contributed by atoms with Crippen LogP contribution in [0.25, 0.3) is 0 Å². The summed E-state index contributed by atoms with van der Waals surface area (Å²) in [5.41, 5.74) is 8.00. The van der Waals surface area contributed by atoms with E-state index in [1.807, 2.05) is 19.1 Å². The first-order valence-electron chi connectivity index (χ1n) is 5.41. The lowest BCUT2D eigenvalue weighted by Gasteiger charge is -2.15. The second-order valence-corrected chi connectivity index (χ2v) is 4.92. The molecule has 3 nitrogen and oxygen atoms in total. The van der Waals surface area contributed by atoms with Gasteiger partial charge in [-0.15, -0.1) is 0 Å². The van der Waals surface area contributed by atoms with Gasteiger partial charge in [0.2, 0.25) is 0 Å². The van der Waals surface area contributed by atoms with Crippen molar-refractivity contribution in [1.82, 2.24) is 0 Å². The largest absolute Gasteiger partial charge is 0.495 e. The Balaban J connectivity index is 2.14. The van der Waals surface area contributed by atoms with Crippen LogP contribution in [0.1, 0.15) is 18.4 Å². The van der Waals surface area contributed by atoms with Crippen molar-refractivity contribution < 1.29 is 4.74 Å². The highest BCUT2D eigenvalue weighted by Crippen LogP contribution is 2.35. The Labute approximate surface area is 101 Å². The first kappa shape index (κ1) is 11.6. The number of methoxy groups -OCH3 is 1. The summed E-state index contributed by atoms with van der Waals surface area (Å²) >= 11 is 6.03. The summed E-state index contributed by atoms with van der Waals surface area (Å²) in [6.07, 6.45) is 2.18. The minimum Gasteiger partial charge on any atom is -0.495 e. The van der Waals surface area contributed by atoms with Crippen molar-refractivity contribution in [3.05, 3.63) is 22.7 Å². The van der Waals surface area contributed by atoms with E-state index in [1.54, 1.807) is 7.11 Å². The summed E-state index contributed by atoms with van der Waals surface area (Å²) < 4.78 is 5.28. The van der Waals surface area contributed by atoms with E-state index in [0.717, 1.165) is 41.4 Å². The number of ether oxygens (including phenoxy) is 1. The Morgan fingerprint density at radius 3 is 2.75 bits per heavy atom. The van der Waals surface area contributed by atoms with Gasteiger partial charge in [0.05, 0.1) is 12.8 Å². The van der Waals surface area contributed by atoms with Crippen LogP contribution in [0, 0.1) is 6.92 Å². The molecular formula is C12H17ClN2O. The molecule has 0 amide bonds. The van der Waals surface area contributed by atoms with Crippen LogP contribution in [0.4, 0.5) is 5.69 Å². The van der Waals surface area contributed by atoms with E-state index in [9.17, 15) is 0 Å². The van der Waals surface area contributed by atoms with Crippen LogP contribution in [0.15, 0.2) is 12.1 Å². The maximum Gasteiger partial charge on any atom is 0.143 e. The smallest absolute Gasteiger partial charge is 0.143 e. The molecule has 1 aliphatic rings. The standard InChI is InChI=1S/C12H17ClN2O/c1-8-5-10(11(16-2)6-9(8)13)15-7-12(14)3-4-12/h5-6,15H,3-4,7,14H2,1-2H3. The quantitative estimate of drug-likeness (QED) is 0.851. The highest BCUT2D eigenvalue weighted by Gasteiger charge is 2.37. The average Bonchev–Trinajstić information content (AvgIpc) is 2.98. The molecular weight excluding hydrogens is 224 g/mol. The summed E-state index contributed by atoms with van der Waals surface area (Å²) in [6, 6.07) is 3.82. The lowest BCUT2D eigenvalue weighted by Crippen LogP contribution is -2.31. The predicted molar refractivity (Wildman–Crippen MR) is 67.4 cm³/mol. The molecule has 1 aromatic rings. The van der Waals surface area contributed by atoms with Crippen molar-refractivity contribution in [2.24, 2.45) is 5.73 Å². The first-order chi connectivity index (χ1) is 7.54. The third kappa shape index (κ3) is 2.42. The van der Waals surface area contributed by atoms with Gasteiger partial charge in [-0.1, -0.05) is 11.6 Å². The first-order valence-corrected chi connectivity index (χ1v) is 5.79. The van der Waals surface area contributed by atoms with Crippen molar-refractivity contribution in [2.45, 2.75) is 25.3 Å². The van der Waals surface area contributed by atoms with Crippen molar-refractivity contribution in [2.75, 3.05) is 19.0 Å². The molecule has 88 valence electrons. The Kier molecular flexibility index (Phi) is 3.00. The second kappa shape index (κ2) is 4.15. The number of halogens is 1. The molecule has 1 aromatic carbocycles. The van der Waals surface area contributed by atoms with Gasteiger partial charge in [-0.25, -0.2) is 0 Å². The molecule has 0 unspecified atom stereocenters. The minimum absolute atomic E-state index is 0.0153. The van der Waals surface area contributed by atoms with Gasteiger partial charge >= 0.3 is 0 Å². The number of benzene rings is 1. The Morgan fingerprint density at radius 2 is 2.19 bits per heavy atom. The van der Waals surface area contributed by atoms with E-state index in [1.165, 1.54) is 0 Å². The van der Waals surface area contributed by atoms with Gasteiger partial charge in [0, 0.05) is 23.2 Å². The molecule has 4 heteroatoms. The number of nitrogens with two attached hydrogens (primary N) is 1. The zero-order chi connectivity index (χ0) is 11.8.